The van der Waals surface area contributed by atoms with E-state index in [1.807, 2.05) is 17.1 Å². The number of aliphatic imine (C=N–C) groups is 1. The third-order valence-corrected chi connectivity index (χ3v) is 3.75. The van der Waals surface area contributed by atoms with Crippen LogP contribution in [0.15, 0.2) is 17.4 Å². The second-order valence-corrected chi connectivity index (χ2v) is 5.78. The summed E-state index contributed by atoms with van der Waals surface area (Å²) in [7, 11) is 0. The summed E-state index contributed by atoms with van der Waals surface area (Å²) in [6, 6.07) is 0. The van der Waals surface area contributed by atoms with Crippen LogP contribution in [0.5, 0.6) is 0 Å². The van der Waals surface area contributed by atoms with E-state index >= 15 is 0 Å². The molecule has 0 saturated carbocycles. The zero-order valence-electron chi connectivity index (χ0n) is 14.8. The Bertz CT molecular complexity index is 473. The maximum absolute atomic E-state index is 5.36. The molecular weight excluding hydrogens is 419 g/mol. The van der Waals surface area contributed by atoms with E-state index in [9.17, 15) is 0 Å². The number of hydrogen-bond acceptors (Lipinski definition) is 4. The lowest BCUT2D eigenvalue weighted by Crippen LogP contribution is -2.39. The van der Waals surface area contributed by atoms with Crippen LogP contribution in [-0.2, 0) is 11.3 Å². The number of halogens is 1. The molecule has 1 aromatic heterocycles. The van der Waals surface area contributed by atoms with Gasteiger partial charge >= 0.3 is 0 Å². The number of nitrogens with one attached hydrogen (secondary N) is 2. The van der Waals surface area contributed by atoms with E-state index in [0.29, 0.717) is 0 Å². The van der Waals surface area contributed by atoms with Gasteiger partial charge in [-0.2, -0.15) is 5.10 Å². The molecule has 2 rings (SSSR count). The van der Waals surface area contributed by atoms with Crippen molar-refractivity contribution in [3.05, 3.63) is 18.0 Å². The highest BCUT2D eigenvalue weighted by Gasteiger charge is 2.08. The lowest BCUT2D eigenvalue weighted by atomic mass is 10.3. The summed E-state index contributed by atoms with van der Waals surface area (Å²) >= 11 is 0. The highest BCUT2D eigenvalue weighted by atomic mass is 127. The zero-order chi connectivity index (χ0) is 16.3. The molecule has 1 aliphatic rings. The number of aryl methyl sites for hydroxylation is 1. The quantitative estimate of drug-likeness (QED) is 0.269. The lowest BCUT2D eigenvalue weighted by molar-refractivity contribution is 0.0377. The monoisotopic (exact) mass is 450 g/mol. The van der Waals surface area contributed by atoms with E-state index in [0.717, 1.165) is 71.4 Å². The summed E-state index contributed by atoms with van der Waals surface area (Å²) in [6.07, 6.45) is 5.01. The van der Waals surface area contributed by atoms with Crippen LogP contribution in [0.25, 0.3) is 0 Å². The van der Waals surface area contributed by atoms with Gasteiger partial charge in [-0.15, -0.1) is 24.0 Å². The van der Waals surface area contributed by atoms with Gasteiger partial charge in [-0.25, -0.2) is 0 Å². The minimum absolute atomic E-state index is 0. The second kappa shape index (κ2) is 12.5. The molecule has 24 heavy (non-hydrogen) atoms. The van der Waals surface area contributed by atoms with Crippen molar-refractivity contribution < 1.29 is 4.74 Å². The highest BCUT2D eigenvalue weighted by Crippen LogP contribution is 1.98. The largest absolute Gasteiger partial charge is 0.379 e. The first kappa shape index (κ1) is 21.2. The summed E-state index contributed by atoms with van der Waals surface area (Å²) < 4.78 is 7.31. The van der Waals surface area contributed by atoms with Crippen LogP contribution in [0.2, 0.25) is 0 Å². The molecule has 2 heterocycles. The van der Waals surface area contributed by atoms with Crippen LogP contribution in [0, 0.1) is 6.92 Å². The number of rotatable bonds is 8. The smallest absolute Gasteiger partial charge is 0.191 e. The number of aromatic nitrogens is 2. The van der Waals surface area contributed by atoms with Crippen molar-refractivity contribution in [1.29, 1.82) is 0 Å². The third kappa shape index (κ3) is 8.29. The average molecular weight is 450 g/mol. The predicted octanol–water partition coefficient (Wildman–Crippen LogP) is 1.09. The zero-order valence-corrected chi connectivity index (χ0v) is 17.2. The first-order chi connectivity index (χ1) is 11.3. The summed E-state index contributed by atoms with van der Waals surface area (Å²) in [6.45, 7) is 12.4. The van der Waals surface area contributed by atoms with E-state index in [2.05, 4.69) is 39.5 Å². The number of guanidine groups is 1. The van der Waals surface area contributed by atoms with E-state index in [4.69, 9.17) is 4.74 Å². The normalized spacial score (nSPS) is 15.8. The van der Waals surface area contributed by atoms with Gasteiger partial charge in [0.05, 0.1) is 26.0 Å². The first-order valence-electron chi connectivity index (χ1n) is 8.59. The summed E-state index contributed by atoms with van der Waals surface area (Å²) in [5, 5.41) is 10.9. The Morgan fingerprint density at radius 3 is 2.75 bits per heavy atom. The topological polar surface area (TPSA) is 66.7 Å². The fraction of sp³-hybridized carbons (Fsp3) is 0.750. The fourth-order valence-electron chi connectivity index (χ4n) is 2.53. The van der Waals surface area contributed by atoms with Crippen molar-refractivity contribution in [1.82, 2.24) is 25.3 Å². The second-order valence-electron chi connectivity index (χ2n) is 5.78. The standard InChI is InChI=1S/C16H30N6O.HI/c1-3-17-16(19-6-8-22-14-15(2)13-20-22)18-5-4-7-21-9-11-23-12-10-21;/h13-14H,3-12H2,1-2H3,(H2,17,18,19);1H. The minimum Gasteiger partial charge on any atom is -0.379 e. The van der Waals surface area contributed by atoms with E-state index in [1.165, 1.54) is 5.56 Å². The van der Waals surface area contributed by atoms with Gasteiger partial charge in [0, 0.05) is 45.5 Å². The Kier molecular flexibility index (Phi) is 11.0. The van der Waals surface area contributed by atoms with Crippen LogP contribution >= 0.6 is 24.0 Å². The lowest BCUT2D eigenvalue weighted by Gasteiger charge is -2.26. The summed E-state index contributed by atoms with van der Waals surface area (Å²) in [5.41, 5.74) is 1.19. The summed E-state index contributed by atoms with van der Waals surface area (Å²) in [5.74, 6) is 0.887. The number of morpholine rings is 1. The molecule has 2 N–H and O–H groups in total. The van der Waals surface area contributed by atoms with Crippen molar-refractivity contribution in [3.63, 3.8) is 0 Å². The van der Waals surface area contributed by atoms with E-state index < -0.39 is 0 Å². The van der Waals surface area contributed by atoms with Gasteiger partial charge in [-0.05, 0) is 25.8 Å². The molecular formula is C16H31IN6O. The van der Waals surface area contributed by atoms with Crippen LogP contribution in [0.1, 0.15) is 18.9 Å². The molecule has 1 aromatic rings. The Morgan fingerprint density at radius 2 is 2.08 bits per heavy atom. The molecule has 0 bridgehead atoms. The SMILES string of the molecule is CCNC(=NCCCN1CCOCC1)NCCn1cc(C)cn1.I. The molecule has 1 saturated heterocycles. The summed E-state index contributed by atoms with van der Waals surface area (Å²) in [4.78, 5) is 7.08. The molecule has 0 aromatic carbocycles. The van der Waals surface area contributed by atoms with E-state index in [-0.39, 0.29) is 24.0 Å². The van der Waals surface area contributed by atoms with Crippen molar-refractivity contribution in [2.75, 3.05) is 52.5 Å². The Labute approximate surface area is 162 Å². The Hall–Kier alpha value is -0.870. The molecule has 0 atom stereocenters. The fourth-order valence-corrected chi connectivity index (χ4v) is 2.53. The maximum Gasteiger partial charge on any atom is 0.191 e. The molecule has 138 valence electrons. The van der Waals surface area contributed by atoms with Crippen molar-refractivity contribution in [3.8, 4) is 0 Å². The van der Waals surface area contributed by atoms with Crippen molar-refractivity contribution >= 4 is 29.9 Å². The predicted molar refractivity (Wildman–Crippen MR) is 108 cm³/mol. The van der Waals surface area contributed by atoms with Crippen LogP contribution in [-0.4, -0.2) is 73.1 Å². The van der Waals surface area contributed by atoms with Crippen molar-refractivity contribution in [2.45, 2.75) is 26.8 Å². The molecule has 8 heteroatoms. The van der Waals surface area contributed by atoms with Gasteiger partial charge in [0.25, 0.3) is 0 Å². The van der Waals surface area contributed by atoms with Crippen LogP contribution in [0.4, 0.5) is 0 Å². The molecule has 0 amide bonds. The van der Waals surface area contributed by atoms with Gasteiger partial charge < -0.3 is 15.4 Å². The molecule has 1 fully saturated rings. The van der Waals surface area contributed by atoms with Gasteiger partial charge in [0.1, 0.15) is 0 Å². The number of nitrogens with zero attached hydrogens (tertiary/aromatic N) is 4. The maximum atomic E-state index is 5.36. The third-order valence-electron chi connectivity index (χ3n) is 3.75. The van der Waals surface area contributed by atoms with Gasteiger partial charge in [-0.1, -0.05) is 0 Å². The number of hydrogen-bond donors (Lipinski definition) is 2. The Morgan fingerprint density at radius 1 is 1.29 bits per heavy atom. The molecule has 0 spiro atoms. The molecule has 1 aliphatic heterocycles. The molecule has 0 aliphatic carbocycles. The molecule has 7 nitrogen and oxygen atoms in total. The first-order valence-corrected chi connectivity index (χ1v) is 8.59. The van der Waals surface area contributed by atoms with Crippen molar-refractivity contribution in [2.24, 2.45) is 4.99 Å². The Balaban J connectivity index is 0.00000288. The number of ether oxygens (including phenoxy) is 1. The molecule has 0 radical (unpaired) electrons. The van der Waals surface area contributed by atoms with Gasteiger partial charge in [0.15, 0.2) is 5.96 Å². The van der Waals surface area contributed by atoms with Crippen LogP contribution in [0.3, 0.4) is 0 Å². The minimum atomic E-state index is 0. The average Bonchev–Trinajstić information content (AvgIpc) is 2.98. The van der Waals surface area contributed by atoms with E-state index in [1.54, 1.807) is 0 Å². The van der Waals surface area contributed by atoms with Gasteiger partial charge in [-0.3, -0.25) is 14.6 Å². The molecule has 0 unspecified atom stereocenters. The highest BCUT2D eigenvalue weighted by molar-refractivity contribution is 14.0. The van der Waals surface area contributed by atoms with Gasteiger partial charge in [0.2, 0.25) is 0 Å². The van der Waals surface area contributed by atoms with Crippen LogP contribution < -0.4 is 10.6 Å².